The third-order valence-electron chi connectivity index (χ3n) is 3.53. The predicted octanol–water partition coefficient (Wildman–Crippen LogP) is 2.93. The van der Waals surface area contributed by atoms with E-state index in [2.05, 4.69) is 10.3 Å². The summed E-state index contributed by atoms with van der Waals surface area (Å²) in [5.41, 5.74) is 10.4. The Morgan fingerprint density at radius 1 is 0.952 bits per heavy atom. The van der Waals surface area contributed by atoms with Gasteiger partial charge in [-0.25, -0.2) is 0 Å². The number of para-hydroxylation sites is 2. The van der Waals surface area contributed by atoms with Crippen LogP contribution in [-0.2, 0) is 13.2 Å². The summed E-state index contributed by atoms with van der Waals surface area (Å²) in [6.07, 6.45) is 1.74. The van der Waals surface area contributed by atoms with Gasteiger partial charge < -0.3 is 16.2 Å². The van der Waals surface area contributed by atoms with Crippen molar-refractivity contribution >= 4 is 22.3 Å². The highest BCUT2D eigenvalue weighted by Crippen LogP contribution is 2.28. The van der Waals surface area contributed by atoms with Crippen molar-refractivity contribution < 1.29 is 5.11 Å². The minimum atomic E-state index is -0.0207. The second-order valence-electron chi connectivity index (χ2n) is 4.82. The first-order valence-electron chi connectivity index (χ1n) is 6.86. The molecule has 0 aliphatic rings. The van der Waals surface area contributed by atoms with Crippen LogP contribution in [0.4, 0.5) is 11.4 Å². The van der Waals surface area contributed by atoms with E-state index in [1.807, 2.05) is 48.5 Å². The van der Waals surface area contributed by atoms with Crippen molar-refractivity contribution in [2.75, 3.05) is 5.32 Å². The average molecular weight is 279 g/mol. The maximum Gasteiger partial charge on any atom is 0.0777 e. The van der Waals surface area contributed by atoms with E-state index < -0.39 is 0 Å². The molecule has 0 atom stereocenters. The van der Waals surface area contributed by atoms with E-state index in [0.717, 1.165) is 33.4 Å². The number of aliphatic hydroxyl groups excluding tert-OH is 1. The zero-order chi connectivity index (χ0) is 14.7. The predicted molar refractivity (Wildman–Crippen MR) is 85.3 cm³/mol. The number of anilines is 2. The van der Waals surface area contributed by atoms with Crippen LogP contribution in [-0.4, -0.2) is 10.1 Å². The molecule has 4 nitrogen and oxygen atoms in total. The summed E-state index contributed by atoms with van der Waals surface area (Å²) in [5.74, 6) is 0. The van der Waals surface area contributed by atoms with Crippen molar-refractivity contribution in [1.82, 2.24) is 4.98 Å². The molecule has 106 valence electrons. The van der Waals surface area contributed by atoms with E-state index in [1.54, 1.807) is 6.20 Å². The Kier molecular flexibility index (Phi) is 3.81. The molecule has 0 bridgehead atoms. The summed E-state index contributed by atoms with van der Waals surface area (Å²) in [6.45, 7) is 0.460. The number of hydrogen-bond acceptors (Lipinski definition) is 4. The second kappa shape index (κ2) is 5.91. The van der Waals surface area contributed by atoms with Crippen molar-refractivity contribution in [3.05, 3.63) is 65.9 Å². The second-order valence-corrected chi connectivity index (χ2v) is 4.82. The number of pyridine rings is 1. The molecule has 0 fully saturated rings. The van der Waals surface area contributed by atoms with Crippen LogP contribution < -0.4 is 11.1 Å². The molecule has 0 saturated heterocycles. The minimum absolute atomic E-state index is 0.0207. The first kappa shape index (κ1) is 13.5. The molecular formula is C17H17N3O. The van der Waals surface area contributed by atoms with Crippen LogP contribution in [0.25, 0.3) is 10.9 Å². The number of fused-ring (bicyclic) bond motifs is 1. The third-order valence-corrected chi connectivity index (χ3v) is 3.53. The summed E-state index contributed by atoms with van der Waals surface area (Å²) in [7, 11) is 0. The maximum atomic E-state index is 9.42. The molecule has 0 spiro atoms. The lowest BCUT2D eigenvalue weighted by atomic mass is 10.1. The molecule has 0 aliphatic carbocycles. The smallest absolute Gasteiger partial charge is 0.0777 e. The van der Waals surface area contributed by atoms with E-state index in [-0.39, 0.29) is 6.61 Å². The van der Waals surface area contributed by atoms with Crippen LogP contribution in [0.5, 0.6) is 0 Å². The summed E-state index contributed by atoms with van der Waals surface area (Å²) in [5, 5.41) is 13.8. The van der Waals surface area contributed by atoms with Gasteiger partial charge in [-0.05, 0) is 17.7 Å². The number of hydrogen-bond donors (Lipinski definition) is 3. The van der Waals surface area contributed by atoms with Gasteiger partial charge in [0.15, 0.2) is 0 Å². The average Bonchev–Trinajstić information content (AvgIpc) is 2.55. The number of aliphatic hydroxyl groups is 1. The molecule has 0 amide bonds. The van der Waals surface area contributed by atoms with Crippen molar-refractivity contribution in [1.29, 1.82) is 0 Å². The molecular weight excluding hydrogens is 262 g/mol. The summed E-state index contributed by atoms with van der Waals surface area (Å²) in [4.78, 5) is 4.37. The van der Waals surface area contributed by atoms with Crippen LogP contribution >= 0.6 is 0 Å². The van der Waals surface area contributed by atoms with Gasteiger partial charge in [-0.1, -0.05) is 36.4 Å². The molecule has 2 aromatic carbocycles. The zero-order valence-electron chi connectivity index (χ0n) is 11.6. The standard InChI is InChI=1S/C17H17N3O/c18-10-12-4-1-2-7-15(12)20-16-8-9-19-17-13(11-21)5-3-6-14(16)17/h1-9,21H,10-11,18H2,(H,19,20). The Morgan fingerprint density at radius 3 is 2.57 bits per heavy atom. The molecule has 4 heteroatoms. The molecule has 1 aromatic heterocycles. The molecule has 0 unspecified atom stereocenters. The van der Waals surface area contributed by atoms with Crippen LogP contribution in [0.2, 0.25) is 0 Å². The van der Waals surface area contributed by atoms with Gasteiger partial charge in [-0.2, -0.15) is 0 Å². The topological polar surface area (TPSA) is 71.2 Å². The fourth-order valence-electron chi connectivity index (χ4n) is 2.44. The lowest BCUT2D eigenvalue weighted by molar-refractivity contribution is 0.283. The van der Waals surface area contributed by atoms with E-state index in [4.69, 9.17) is 5.73 Å². The fourth-order valence-corrected chi connectivity index (χ4v) is 2.44. The van der Waals surface area contributed by atoms with Gasteiger partial charge in [0, 0.05) is 35.1 Å². The van der Waals surface area contributed by atoms with Crippen LogP contribution in [0.3, 0.4) is 0 Å². The number of benzene rings is 2. The summed E-state index contributed by atoms with van der Waals surface area (Å²) >= 11 is 0. The maximum absolute atomic E-state index is 9.42. The Hall–Kier alpha value is -2.43. The molecule has 4 N–H and O–H groups in total. The lowest BCUT2D eigenvalue weighted by Crippen LogP contribution is -2.02. The number of aromatic nitrogens is 1. The Bertz CT molecular complexity index is 771. The Morgan fingerprint density at radius 2 is 1.76 bits per heavy atom. The molecule has 0 saturated carbocycles. The van der Waals surface area contributed by atoms with Gasteiger partial charge in [-0.15, -0.1) is 0 Å². The first-order valence-corrected chi connectivity index (χ1v) is 6.86. The Balaban J connectivity index is 2.09. The number of nitrogens with zero attached hydrogens (tertiary/aromatic N) is 1. The van der Waals surface area contributed by atoms with Gasteiger partial charge in [0.05, 0.1) is 12.1 Å². The first-order chi connectivity index (χ1) is 10.3. The number of nitrogens with two attached hydrogens (primary N) is 1. The van der Waals surface area contributed by atoms with Crippen molar-refractivity contribution in [3.63, 3.8) is 0 Å². The highest BCUT2D eigenvalue weighted by atomic mass is 16.3. The SMILES string of the molecule is NCc1ccccc1Nc1ccnc2c(CO)cccc12. The molecule has 0 radical (unpaired) electrons. The molecule has 21 heavy (non-hydrogen) atoms. The molecule has 3 rings (SSSR count). The quantitative estimate of drug-likeness (QED) is 0.686. The summed E-state index contributed by atoms with van der Waals surface area (Å²) < 4.78 is 0. The van der Waals surface area contributed by atoms with E-state index in [9.17, 15) is 5.11 Å². The van der Waals surface area contributed by atoms with Crippen molar-refractivity contribution in [2.24, 2.45) is 5.73 Å². The Labute approximate surface area is 123 Å². The van der Waals surface area contributed by atoms with Crippen molar-refractivity contribution in [3.8, 4) is 0 Å². The minimum Gasteiger partial charge on any atom is -0.392 e. The third kappa shape index (κ3) is 2.59. The number of rotatable bonds is 4. The highest BCUT2D eigenvalue weighted by molar-refractivity contribution is 5.94. The lowest BCUT2D eigenvalue weighted by Gasteiger charge is -2.13. The van der Waals surface area contributed by atoms with E-state index in [1.165, 1.54) is 0 Å². The number of nitrogens with one attached hydrogen (secondary N) is 1. The monoisotopic (exact) mass is 279 g/mol. The van der Waals surface area contributed by atoms with Crippen LogP contribution in [0.15, 0.2) is 54.7 Å². The van der Waals surface area contributed by atoms with Crippen LogP contribution in [0.1, 0.15) is 11.1 Å². The van der Waals surface area contributed by atoms with Gasteiger partial charge in [0.25, 0.3) is 0 Å². The highest BCUT2D eigenvalue weighted by Gasteiger charge is 2.07. The van der Waals surface area contributed by atoms with E-state index in [0.29, 0.717) is 6.54 Å². The van der Waals surface area contributed by atoms with Crippen LogP contribution in [0, 0.1) is 0 Å². The normalized spacial score (nSPS) is 10.8. The van der Waals surface area contributed by atoms with Gasteiger partial charge in [0.2, 0.25) is 0 Å². The van der Waals surface area contributed by atoms with Crippen molar-refractivity contribution in [2.45, 2.75) is 13.2 Å². The largest absolute Gasteiger partial charge is 0.392 e. The van der Waals surface area contributed by atoms with Gasteiger partial charge >= 0.3 is 0 Å². The zero-order valence-corrected chi connectivity index (χ0v) is 11.6. The fraction of sp³-hybridized carbons (Fsp3) is 0.118. The molecule has 0 aliphatic heterocycles. The van der Waals surface area contributed by atoms with Gasteiger partial charge in [0.1, 0.15) is 0 Å². The van der Waals surface area contributed by atoms with E-state index >= 15 is 0 Å². The van der Waals surface area contributed by atoms with Gasteiger partial charge in [-0.3, -0.25) is 4.98 Å². The molecule has 1 heterocycles. The summed E-state index contributed by atoms with van der Waals surface area (Å²) in [6, 6.07) is 15.7. The molecule has 3 aromatic rings.